The van der Waals surface area contributed by atoms with Crippen LogP contribution in [0.15, 0.2) is 30.3 Å². The Balaban J connectivity index is 2.17. The number of carbonyl (C=O) groups is 3. The van der Waals surface area contributed by atoms with Crippen LogP contribution in [0.3, 0.4) is 0 Å². The van der Waals surface area contributed by atoms with Crippen molar-refractivity contribution >= 4 is 17.8 Å². The highest BCUT2D eigenvalue weighted by Crippen LogP contribution is 2.18. The number of carbonyl (C=O) groups excluding carboxylic acids is 3. The average molecular weight is 247 g/mol. The summed E-state index contributed by atoms with van der Waals surface area (Å²) in [6.07, 6.45) is -0.0642. The summed E-state index contributed by atoms with van der Waals surface area (Å²) >= 11 is 0. The zero-order chi connectivity index (χ0) is 13.1. The highest BCUT2D eigenvalue weighted by Gasteiger charge is 2.39. The van der Waals surface area contributed by atoms with Crippen LogP contribution in [-0.4, -0.2) is 28.8 Å². The fraction of sp³-hybridized carbons (Fsp3) is 0.308. The molecule has 0 unspecified atom stereocenters. The van der Waals surface area contributed by atoms with E-state index in [0.29, 0.717) is 6.54 Å². The summed E-state index contributed by atoms with van der Waals surface area (Å²) in [6.45, 7) is 1.67. The average Bonchev–Trinajstić information content (AvgIpc) is 2.66. The van der Waals surface area contributed by atoms with Crippen molar-refractivity contribution in [1.82, 2.24) is 4.90 Å². The minimum atomic E-state index is -0.796. The zero-order valence-corrected chi connectivity index (χ0v) is 9.96. The van der Waals surface area contributed by atoms with E-state index >= 15 is 0 Å². The molecule has 1 aromatic carbocycles. The molecule has 1 aliphatic heterocycles. The Morgan fingerprint density at radius 1 is 1.33 bits per heavy atom. The first-order chi connectivity index (χ1) is 8.58. The van der Waals surface area contributed by atoms with E-state index in [9.17, 15) is 14.4 Å². The number of esters is 2. The van der Waals surface area contributed by atoms with Crippen molar-refractivity contribution in [1.29, 1.82) is 0 Å². The number of hydrogen-bond donors (Lipinski definition) is 0. The number of amides is 1. The van der Waals surface area contributed by atoms with Gasteiger partial charge in [0, 0.05) is 13.5 Å². The maximum Gasteiger partial charge on any atom is 0.337 e. The Bertz CT molecular complexity index is 483. The lowest BCUT2D eigenvalue weighted by Crippen LogP contribution is -2.41. The predicted octanol–water partition coefficient (Wildman–Crippen LogP) is 0.877. The van der Waals surface area contributed by atoms with Crippen LogP contribution < -0.4 is 0 Å². The van der Waals surface area contributed by atoms with Crippen LogP contribution in [0.4, 0.5) is 0 Å². The van der Waals surface area contributed by atoms with Gasteiger partial charge < -0.3 is 9.64 Å². The normalized spacial score (nSPS) is 18.6. The van der Waals surface area contributed by atoms with Crippen molar-refractivity contribution in [3.63, 3.8) is 0 Å². The number of rotatable bonds is 3. The Morgan fingerprint density at radius 2 is 2.00 bits per heavy atom. The first-order valence-corrected chi connectivity index (χ1v) is 5.63. The SMILES string of the molecule is CC(=O)N(Cc1ccccc1)[C@H]1CC(=O)OC1=O. The van der Waals surface area contributed by atoms with E-state index in [0.717, 1.165) is 5.56 Å². The first-order valence-electron chi connectivity index (χ1n) is 5.63. The van der Waals surface area contributed by atoms with Gasteiger partial charge in [-0.05, 0) is 5.56 Å². The van der Waals surface area contributed by atoms with Crippen LogP contribution in [0.2, 0.25) is 0 Å². The van der Waals surface area contributed by atoms with Gasteiger partial charge in [-0.15, -0.1) is 0 Å². The molecule has 0 radical (unpaired) electrons. The molecule has 0 aliphatic carbocycles. The van der Waals surface area contributed by atoms with E-state index in [2.05, 4.69) is 4.74 Å². The molecule has 0 N–H and O–H groups in total. The molecular formula is C13H13NO4. The molecule has 1 fully saturated rings. The molecule has 1 atom stereocenters. The monoisotopic (exact) mass is 247 g/mol. The summed E-state index contributed by atoms with van der Waals surface area (Å²) in [4.78, 5) is 35.5. The van der Waals surface area contributed by atoms with Gasteiger partial charge in [-0.1, -0.05) is 30.3 Å². The van der Waals surface area contributed by atoms with E-state index in [1.165, 1.54) is 11.8 Å². The Labute approximate surface area is 104 Å². The number of cyclic esters (lactones) is 2. The molecule has 5 nitrogen and oxygen atoms in total. The lowest BCUT2D eigenvalue weighted by Gasteiger charge is -2.24. The fourth-order valence-corrected chi connectivity index (χ4v) is 1.92. The highest BCUT2D eigenvalue weighted by molar-refractivity contribution is 5.98. The summed E-state index contributed by atoms with van der Waals surface area (Å²) in [5.41, 5.74) is 0.903. The molecule has 1 amide bonds. The third-order valence-corrected chi connectivity index (χ3v) is 2.82. The molecule has 94 valence electrons. The summed E-state index contributed by atoms with van der Waals surface area (Å²) in [6, 6.07) is 8.50. The Kier molecular flexibility index (Phi) is 3.41. The second-order valence-electron chi connectivity index (χ2n) is 4.15. The minimum absolute atomic E-state index is 0.0642. The van der Waals surface area contributed by atoms with E-state index in [1.807, 2.05) is 30.3 Å². The van der Waals surface area contributed by atoms with Gasteiger partial charge in [-0.3, -0.25) is 9.59 Å². The molecule has 1 heterocycles. The fourth-order valence-electron chi connectivity index (χ4n) is 1.92. The lowest BCUT2D eigenvalue weighted by molar-refractivity contribution is -0.155. The van der Waals surface area contributed by atoms with E-state index in [4.69, 9.17) is 0 Å². The van der Waals surface area contributed by atoms with Gasteiger partial charge in [0.1, 0.15) is 6.04 Å². The number of hydrogen-bond acceptors (Lipinski definition) is 4. The summed E-state index contributed by atoms with van der Waals surface area (Å²) in [5.74, 6) is -1.48. The van der Waals surface area contributed by atoms with Gasteiger partial charge >= 0.3 is 11.9 Å². The zero-order valence-electron chi connectivity index (χ0n) is 9.96. The van der Waals surface area contributed by atoms with Gasteiger partial charge in [0.15, 0.2) is 0 Å². The second-order valence-corrected chi connectivity index (χ2v) is 4.15. The van der Waals surface area contributed by atoms with E-state index in [1.54, 1.807) is 0 Å². The van der Waals surface area contributed by atoms with Gasteiger partial charge in [-0.2, -0.15) is 0 Å². The molecule has 0 saturated carbocycles. The number of benzene rings is 1. The van der Waals surface area contributed by atoms with Crippen LogP contribution in [0.25, 0.3) is 0 Å². The molecule has 2 rings (SSSR count). The third-order valence-electron chi connectivity index (χ3n) is 2.82. The van der Waals surface area contributed by atoms with Crippen LogP contribution >= 0.6 is 0 Å². The highest BCUT2D eigenvalue weighted by atomic mass is 16.6. The maximum atomic E-state index is 11.6. The lowest BCUT2D eigenvalue weighted by atomic mass is 10.1. The van der Waals surface area contributed by atoms with Gasteiger partial charge in [0.25, 0.3) is 0 Å². The van der Waals surface area contributed by atoms with Gasteiger partial charge in [-0.25, -0.2) is 4.79 Å². The number of nitrogens with zero attached hydrogens (tertiary/aromatic N) is 1. The van der Waals surface area contributed by atoms with Crippen molar-refractivity contribution < 1.29 is 19.1 Å². The quantitative estimate of drug-likeness (QED) is 0.587. The molecule has 0 aromatic heterocycles. The van der Waals surface area contributed by atoms with Crippen LogP contribution in [0, 0.1) is 0 Å². The molecule has 1 saturated heterocycles. The molecule has 5 heteroatoms. The van der Waals surface area contributed by atoms with E-state index in [-0.39, 0.29) is 12.3 Å². The molecule has 1 aromatic rings. The van der Waals surface area contributed by atoms with Crippen molar-refractivity contribution in [2.75, 3.05) is 0 Å². The Morgan fingerprint density at radius 3 is 2.50 bits per heavy atom. The standard InChI is InChI=1S/C13H13NO4/c1-9(15)14(8-10-5-3-2-4-6-10)11-7-12(16)18-13(11)17/h2-6,11H,7-8H2,1H3/t11-/m0/s1. The van der Waals surface area contributed by atoms with Crippen LogP contribution in [0.5, 0.6) is 0 Å². The summed E-state index contributed by atoms with van der Waals surface area (Å²) < 4.78 is 4.47. The molecule has 0 bridgehead atoms. The predicted molar refractivity (Wildman–Crippen MR) is 62.2 cm³/mol. The minimum Gasteiger partial charge on any atom is -0.392 e. The third kappa shape index (κ3) is 2.56. The molecular weight excluding hydrogens is 234 g/mol. The topological polar surface area (TPSA) is 63.7 Å². The largest absolute Gasteiger partial charge is 0.392 e. The number of ether oxygens (including phenoxy) is 1. The Hall–Kier alpha value is -2.17. The smallest absolute Gasteiger partial charge is 0.337 e. The maximum absolute atomic E-state index is 11.6. The van der Waals surface area contributed by atoms with Crippen molar-refractivity contribution in [2.24, 2.45) is 0 Å². The molecule has 0 spiro atoms. The van der Waals surface area contributed by atoms with Crippen LogP contribution in [-0.2, 0) is 25.7 Å². The van der Waals surface area contributed by atoms with E-state index < -0.39 is 18.0 Å². The van der Waals surface area contributed by atoms with Gasteiger partial charge in [0.2, 0.25) is 5.91 Å². The summed E-state index contributed by atoms with van der Waals surface area (Å²) in [7, 11) is 0. The molecule has 1 aliphatic rings. The second kappa shape index (κ2) is 5.00. The summed E-state index contributed by atoms with van der Waals surface area (Å²) in [5, 5.41) is 0. The van der Waals surface area contributed by atoms with Crippen molar-refractivity contribution in [3.05, 3.63) is 35.9 Å². The molecule has 18 heavy (non-hydrogen) atoms. The van der Waals surface area contributed by atoms with Gasteiger partial charge in [0.05, 0.1) is 6.42 Å². The van der Waals surface area contributed by atoms with Crippen LogP contribution in [0.1, 0.15) is 18.9 Å². The van der Waals surface area contributed by atoms with Crippen molar-refractivity contribution in [2.45, 2.75) is 25.9 Å². The first kappa shape index (κ1) is 12.3. The van der Waals surface area contributed by atoms with Crippen molar-refractivity contribution in [3.8, 4) is 0 Å².